The highest BCUT2D eigenvalue weighted by atomic mass is 127. The van der Waals surface area contributed by atoms with Gasteiger partial charge in [-0.3, -0.25) is 0 Å². The van der Waals surface area contributed by atoms with Gasteiger partial charge in [0.05, 0.1) is 14.2 Å². The first-order valence-electron chi connectivity index (χ1n) is 4.12. The summed E-state index contributed by atoms with van der Waals surface area (Å²) in [5.41, 5.74) is -0.962. The Morgan fingerprint density at radius 1 is 1.50 bits per heavy atom. The summed E-state index contributed by atoms with van der Waals surface area (Å²) in [5.74, 6) is -0.863. The zero-order valence-corrected chi connectivity index (χ0v) is 10.6. The molecule has 0 aromatic carbocycles. The molecule has 0 amide bonds. The molecular weight excluding hydrogens is 335 g/mol. The number of alkyl halides is 2. The van der Waals surface area contributed by atoms with Gasteiger partial charge in [-0.1, -0.05) is 0 Å². The van der Waals surface area contributed by atoms with Gasteiger partial charge < -0.3 is 9.47 Å². The highest BCUT2D eigenvalue weighted by molar-refractivity contribution is 14.1. The Morgan fingerprint density at radius 3 is 2.56 bits per heavy atom. The number of carbonyl (C=O) groups excluding carboxylic acids is 1. The molecule has 0 unspecified atom stereocenters. The zero-order valence-electron chi connectivity index (χ0n) is 8.46. The van der Waals surface area contributed by atoms with Crippen LogP contribution in [0, 0.1) is 3.70 Å². The molecule has 0 aliphatic carbocycles. The molecule has 0 N–H and O–H groups in total. The number of esters is 1. The maximum Gasteiger partial charge on any atom is 0.343 e. The van der Waals surface area contributed by atoms with E-state index in [4.69, 9.17) is 4.74 Å². The molecule has 1 rings (SSSR count). The van der Waals surface area contributed by atoms with Crippen LogP contribution in [0.2, 0.25) is 0 Å². The number of methoxy groups -OCH3 is 2. The monoisotopic (exact) mass is 343 g/mol. The van der Waals surface area contributed by atoms with Crippen LogP contribution in [0.3, 0.4) is 0 Å². The van der Waals surface area contributed by atoms with E-state index in [1.807, 2.05) is 0 Å². The van der Waals surface area contributed by atoms with E-state index in [0.717, 1.165) is 7.11 Å². The van der Waals surface area contributed by atoms with Crippen molar-refractivity contribution in [1.82, 2.24) is 4.98 Å². The van der Waals surface area contributed by atoms with Crippen molar-refractivity contribution in [2.75, 3.05) is 14.2 Å². The first kappa shape index (κ1) is 13.1. The summed E-state index contributed by atoms with van der Waals surface area (Å²) in [6.07, 6.45) is -2.86. The van der Waals surface area contributed by atoms with E-state index >= 15 is 0 Å². The second kappa shape index (κ2) is 5.37. The third kappa shape index (κ3) is 2.57. The summed E-state index contributed by atoms with van der Waals surface area (Å²) in [7, 11) is 2.39. The lowest BCUT2D eigenvalue weighted by molar-refractivity contribution is 0.0582. The van der Waals surface area contributed by atoms with Crippen LogP contribution in [0.5, 0.6) is 5.75 Å². The molecule has 0 fully saturated rings. The van der Waals surface area contributed by atoms with Gasteiger partial charge in [0, 0.05) is 6.07 Å². The van der Waals surface area contributed by atoms with E-state index in [1.165, 1.54) is 13.2 Å². The van der Waals surface area contributed by atoms with Crippen molar-refractivity contribution in [3.63, 3.8) is 0 Å². The number of hydrogen-bond acceptors (Lipinski definition) is 4. The van der Waals surface area contributed by atoms with Gasteiger partial charge in [0.1, 0.15) is 20.7 Å². The Balaban J connectivity index is 3.45. The van der Waals surface area contributed by atoms with Gasteiger partial charge in [-0.05, 0) is 22.6 Å². The van der Waals surface area contributed by atoms with Gasteiger partial charge >= 0.3 is 5.97 Å². The molecule has 0 aliphatic heterocycles. The topological polar surface area (TPSA) is 48.4 Å². The number of carbonyl (C=O) groups is 1. The van der Waals surface area contributed by atoms with Crippen LogP contribution in [0.4, 0.5) is 8.78 Å². The van der Waals surface area contributed by atoms with Gasteiger partial charge in [-0.2, -0.15) is 0 Å². The minimum Gasteiger partial charge on any atom is -0.496 e. The van der Waals surface area contributed by atoms with Gasteiger partial charge in [0.2, 0.25) is 0 Å². The van der Waals surface area contributed by atoms with Crippen molar-refractivity contribution in [2.45, 2.75) is 6.43 Å². The molecule has 1 heterocycles. The summed E-state index contributed by atoms with van der Waals surface area (Å²) in [4.78, 5) is 15.0. The summed E-state index contributed by atoms with van der Waals surface area (Å²) in [6, 6.07) is 1.39. The second-order valence-electron chi connectivity index (χ2n) is 2.70. The molecule has 1 aromatic heterocycles. The molecule has 0 spiro atoms. The number of rotatable bonds is 3. The summed E-state index contributed by atoms with van der Waals surface area (Å²) in [6.45, 7) is 0. The third-order valence-electron chi connectivity index (χ3n) is 1.80. The molecule has 0 atom stereocenters. The van der Waals surface area contributed by atoms with Crippen molar-refractivity contribution >= 4 is 28.6 Å². The Kier molecular flexibility index (Phi) is 4.39. The molecule has 0 saturated heterocycles. The van der Waals surface area contributed by atoms with E-state index in [2.05, 4.69) is 9.72 Å². The summed E-state index contributed by atoms with van der Waals surface area (Å²) in [5, 5.41) is 0. The van der Waals surface area contributed by atoms with Crippen molar-refractivity contribution < 1.29 is 23.0 Å². The SMILES string of the molecule is COC(=O)c1c(OC)cc(I)nc1C(F)F. The largest absolute Gasteiger partial charge is 0.496 e. The maximum atomic E-state index is 12.7. The van der Waals surface area contributed by atoms with E-state index in [1.54, 1.807) is 22.6 Å². The number of nitrogens with zero attached hydrogens (tertiary/aromatic N) is 1. The fraction of sp³-hybridized carbons (Fsp3) is 0.333. The molecule has 0 aliphatic rings. The van der Waals surface area contributed by atoms with E-state index in [9.17, 15) is 13.6 Å². The molecular formula is C9H8F2INO3. The van der Waals surface area contributed by atoms with Gasteiger partial charge in [0.15, 0.2) is 0 Å². The molecule has 0 radical (unpaired) electrons. The Bertz CT molecular complexity index is 412. The molecule has 7 heteroatoms. The standard InChI is InChI=1S/C9H8F2INO3/c1-15-4-3-5(12)13-7(8(10)11)6(4)9(14)16-2/h3,8H,1-2H3. The van der Waals surface area contributed by atoms with Crippen LogP contribution in [0.25, 0.3) is 0 Å². The number of aromatic nitrogens is 1. The summed E-state index contributed by atoms with van der Waals surface area (Å²) >= 11 is 1.76. The molecule has 4 nitrogen and oxygen atoms in total. The van der Waals surface area contributed by atoms with Crippen molar-refractivity contribution in [3.05, 3.63) is 21.0 Å². The van der Waals surface area contributed by atoms with Crippen molar-refractivity contribution in [1.29, 1.82) is 0 Å². The minimum absolute atomic E-state index is 0.0292. The molecule has 88 valence electrons. The van der Waals surface area contributed by atoms with Crippen LogP contribution in [-0.4, -0.2) is 25.2 Å². The van der Waals surface area contributed by atoms with Crippen molar-refractivity contribution in [2.24, 2.45) is 0 Å². The fourth-order valence-electron chi connectivity index (χ4n) is 1.14. The molecule has 0 bridgehead atoms. The van der Waals surface area contributed by atoms with E-state index in [0.29, 0.717) is 3.70 Å². The lowest BCUT2D eigenvalue weighted by atomic mass is 10.2. The zero-order chi connectivity index (χ0) is 12.3. The Hall–Kier alpha value is -0.990. The van der Waals surface area contributed by atoms with Gasteiger partial charge in [0.25, 0.3) is 6.43 Å². The average molecular weight is 343 g/mol. The number of halogens is 3. The quantitative estimate of drug-likeness (QED) is 0.481. The van der Waals surface area contributed by atoms with Crippen LogP contribution in [0.1, 0.15) is 22.5 Å². The molecule has 1 aromatic rings. The van der Waals surface area contributed by atoms with Crippen LogP contribution in [-0.2, 0) is 4.74 Å². The van der Waals surface area contributed by atoms with Crippen molar-refractivity contribution in [3.8, 4) is 5.75 Å². The maximum absolute atomic E-state index is 12.7. The predicted molar refractivity (Wildman–Crippen MR) is 59.8 cm³/mol. The van der Waals surface area contributed by atoms with Crippen LogP contribution in [0.15, 0.2) is 6.07 Å². The van der Waals surface area contributed by atoms with Crippen LogP contribution >= 0.6 is 22.6 Å². The van der Waals surface area contributed by atoms with E-state index in [-0.39, 0.29) is 11.3 Å². The summed E-state index contributed by atoms with van der Waals surface area (Å²) < 4.78 is 35.0. The number of pyridine rings is 1. The van der Waals surface area contributed by atoms with E-state index < -0.39 is 18.1 Å². The second-order valence-corrected chi connectivity index (χ2v) is 3.81. The lowest BCUT2D eigenvalue weighted by Crippen LogP contribution is -2.11. The smallest absolute Gasteiger partial charge is 0.343 e. The normalized spacial score (nSPS) is 10.4. The van der Waals surface area contributed by atoms with Gasteiger partial charge in [-0.25, -0.2) is 18.6 Å². The first-order chi connectivity index (χ1) is 7.51. The molecule has 16 heavy (non-hydrogen) atoms. The third-order valence-corrected chi connectivity index (χ3v) is 2.35. The highest BCUT2D eigenvalue weighted by Crippen LogP contribution is 2.30. The molecule has 0 saturated carbocycles. The lowest BCUT2D eigenvalue weighted by Gasteiger charge is -2.11. The van der Waals surface area contributed by atoms with Crippen LogP contribution < -0.4 is 4.74 Å². The minimum atomic E-state index is -2.86. The number of hydrogen-bond donors (Lipinski definition) is 0. The number of ether oxygens (including phenoxy) is 2. The van der Waals surface area contributed by atoms with Gasteiger partial charge in [-0.15, -0.1) is 0 Å². The average Bonchev–Trinajstić information content (AvgIpc) is 2.26. The Morgan fingerprint density at radius 2 is 2.12 bits per heavy atom. The first-order valence-corrected chi connectivity index (χ1v) is 5.20. The highest BCUT2D eigenvalue weighted by Gasteiger charge is 2.26. The fourth-order valence-corrected chi connectivity index (χ4v) is 1.68. The predicted octanol–water partition coefficient (Wildman–Crippen LogP) is 2.42. The Labute approximate surface area is 104 Å².